The largest absolute Gasteiger partial charge is 0.497 e. The van der Waals surface area contributed by atoms with Crippen LogP contribution in [0.2, 0.25) is 0 Å². The first-order chi connectivity index (χ1) is 13.2. The minimum absolute atomic E-state index is 0.376. The predicted octanol–water partition coefficient (Wildman–Crippen LogP) is 4.84. The van der Waals surface area contributed by atoms with Crippen molar-refractivity contribution in [2.24, 2.45) is 0 Å². The Kier molecular flexibility index (Phi) is 6.35. The van der Waals surface area contributed by atoms with Crippen LogP contribution in [0, 0.1) is 11.8 Å². The molecule has 1 aromatic heterocycles. The lowest BCUT2D eigenvalue weighted by atomic mass is 10.2. The Morgan fingerprint density at radius 2 is 1.67 bits per heavy atom. The fourth-order valence-corrected chi connectivity index (χ4v) is 2.71. The number of nitrogens with zero attached hydrogens (tertiary/aromatic N) is 1. The summed E-state index contributed by atoms with van der Waals surface area (Å²) in [6, 6.07) is 17.0. The normalized spacial score (nSPS) is 9.89. The van der Waals surface area contributed by atoms with Crippen molar-refractivity contribution in [2.75, 3.05) is 14.2 Å². The minimum Gasteiger partial charge on any atom is -0.497 e. The molecule has 0 spiro atoms. The van der Waals surface area contributed by atoms with Crippen molar-refractivity contribution in [1.29, 1.82) is 0 Å². The number of rotatable bonds is 5. The molecule has 5 heteroatoms. The first-order valence-corrected chi connectivity index (χ1v) is 9.05. The summed E-state index contributed by atoms with van der Waals surface area (Å²) in [6.07, 6.45) is 1.70. The molecule has 0 saturated carbocycles. The quantitative estimate of drug-likeness (QED) is 0.550. The molecule has 27 heavy (non-hydrogen) atoms. The molecule has 2 aromatic carbocycles. The van der Waals surface area contributed by atoms with Gasteiger partial charge in [0.2, 0.25) is 0 Å². The highest BCUT2D eigenvalue weighted by Gasteiger charge is 2.06. The topological polar surface area (TPSA) is 40.6 Å². The van der Waals surface area contributed by atoms with Crippen molar-refractivity contribution in [3.8, 4) is 29.1 Å². The molecular weight excluding hydrogens is 406 g/mol. The van der Waals surface area contributed by atoms with E-state index in [-0.39, 0.29) is 0 Å². The summed E-state index contributed by atoms with van der Waals surface area (Å²) in [7, 11) is 3.28. The van der Waals surface area contributed by atoms with Gasteiger partial charge in [-0.05, 0) is 60.5 Å². The molecule has 3 rings (SSSR count). The third kappa shape index (κ3) is 5.02. The molecule has 1 heterocycles. The van der Waals surface area contributed by atoms with E-state index in [2.05, 4.69) is 32.8 Å². The van der Waals surface area contributed by atoms with Crippen LogP contribution in [0.4, 0.5) is 0 Å². The number of halogens is 1. The number of pyridine rings is 1. The maximum atomic E-state index is 5.96. The van der Waals surface area contributed by atoms with E-state index in [1.807, 2.05) is 54.6 Å². The molecule has 0 saturated heterocycles. The highest BCUT2D eigenvalue weighted by atomic mass is 79.9. The van der Waals surface area contributed by atoms with Crippen LogP contribution < -0.4 is 14.2 Å². The van der Waals surface area contributed by atoms with Crippen molar-refractivity contribution in [3.05, 3.63) is 82.1 Å². The number of methoxy groups -OCH3 is 2. The Labute approximate surface area is 167 Å². The second-order valence-corrected chi connectivity index (χ2v) is 6.43. The Hall–Kier alpha value is -2.97. The summed E-state index contributed by atoms with van der Waals surface area (Å²) in [5.41, 5.74) is 2.45. The van der Waals surface area contributed by atoms with E-state index < -0.39 is 0 Å². The molecule has 4 nitrogen and oxygen atoms in total. The summed E-state index contributed by atoms with van der Waals surface area (Å²) in [5, 5.41) is 0. The average Bonchev–Trinajstić information content (AvgIpc) is 2.72. The monoisotopic (exact) mass is 423 g/mol. The predicted molar refractivity (Wildman–Crippen MR) is 108 cm³/mol. The Bertz CT molecular complexity index is 975. The molecule has 0 amide bonds. The number of hydrogen-bond donors (Lipinski definition) is 0. The maximum Gasteiger partial charge on any atom is 0.155 e. The number of ether oxygens (including phenoxy) is 3. The van der Waals surface area contributed by atoms with Gasteiger partial charge in [-0.2, -0.15) is 0 Å². The Balaban J connectivity index is 1.77. The molecule has 0 bridgehead atoms. The van der Waals surface area contributed by atoms with Gasteiger partial charge in [0.15, 0.2) is 11.4 Å². The van der Waals surface area contributed by atoms with Crippen molar-refractivity contribution < 1.29 is 14.2 Å². The second-order valence-electron chi connectivity index (χ2n) is 5.57. The van der Waals surface area contributed by atoms with E-state index in [4.69, 9.17) is 14.2 Å². The Morgan fingerprint density at radius 3 is 2.41 bits per heavy atom. The molecule has 136 valence electrons. The van der Waals surface area contributed by atoms with Gasteiger partial charge in [-0.3, -0.25) is 0 Å². The van der Waals surface area contributed by atoms with E-state index >= 15 is 0 Å². The van der Waals surface area contributed by atoms with Gasteiger partial charge in [-0.15, -0.1) is 0 Å². The zero-order valence-corrected chi connectivity index (χ0v) is 16.6. The van der Waals surface area contributed by atoms with Crippen LogP contribution in [0.15, 0.2) is 65.3 Å². The lowest BCUT2D eigenvalue weighted by Gasteiger charge is -2.10. The lowest BCUT2D eigenvalue weighted by Crippen LogP contribution is -2.00. The van der Waals surface area contributed by atoms with Gasteiger partial charge in [0, 0.05) is 21.8 Å². The molecule has 0 N–H and O–H groups in total. The van der Waals surface area contributed by atoms with Gasteiger partial charge in [0.25, 0.3) is 0 Å². The van der Waals surface area contributed by atoms with Gasteiger partial charge < -0.3 is 14.2 Å². The smallest absolute Gasteiger partial charge is 0.155 e. The third-order valence-electron chi connectivity index (χ3n) is 3.82. The fraction of sp³-hybridized carbons (Fsp3) is 0.136. The van der Waals surface area contributed by atoms with Crippen molar-refractivity contribution in [3.63, 3.8) is 0 Å². The van der Waals surface area contributed by atoms with E-state index in [0.717, 1.165) is 27.1 Å². The summed E-state index contributed by atoms with van der Waals surface area (Å²) in [6.45, 7) is 0.376. The SMILES string of the molecule is COc1ccc(C#Cc2ncccc2OCc2cc(OC)ccc2Br)cc1. The molecule has 3 aromatic rings. The van der Waals surface area contributed by atoms with Gasteiger partial charge in [-0.1, -0.05) is 21.9 Å². The van der Waals surface area contributed by atoms with Gasteiger partial charge in [0.05, 0.1) is 14.2 Å². The average molecular weight is 424 g/mol. The van der Waals surface area contributed by atoms with E-state index in [1.54, 1.807) is 20.4 Å². The van der Waals surface area contributed by atoms with Crippen LogP contribution >= 0.6 is 15.9 Å². The van der Waals surface area contributed by atoms with E-state index in [1.165, 1.54) is 0 Å². The standard InChI is InChI=1S/C22H18BrNO3/c1-25-18-8-5-16(6-9-18)7-12-21-22(4-3-13-24-21)27-15-17-14-19(26-2)10-11-20(17)23/h3-6,8-11,13-14H,15H2,1-2H3. The van der Waals surface area contributed by atoms with Crippen LogP contribution in [0.3, 0.4) is 0 Å². The molecule has 0 unspecified atom stereocenters. The van der Waals surface area contributed by atoms with Gasteiger partial charge >= 0.3 is 0 Å². The third-order valence-corrected chi connectivity index (χ3v) is 4.60. The number of hydrogen-bond acceptors (Lipinski definition) is 4. The highest BCUT2D eigenvalue weighted by Crippen LogP contribution is 2.25. The molecule has 0 atom stereocenters. The molecule has 0 aliphatic carbocycles. The van der Waals surface area contributed by atoms with Crippen LogP contribution in [0.5, 0.6) is 17.2 Å². The van der Waals surface area contributed by atoms with Crippen LogP contribution in [-0.4, -0.2) is 19.2 Å². The summed E-state index contributed by atoms with van der Waals surface area (Å²) >= 11 is 3.54. The van der Waals surface area contributed by atoms with Crippen molar-refractivity contribution in [1.82, 2.24) is 4.98 Å². The molecule has 0 aliphatic heterocycles. The van der Waals surface area contributed by atoms with Crippen LogP contribution in [0.25, 0.3) is 0 Å². The molecule has 0 aliphatic rings. The van der Waals surface area contributed by atoms with Crippen LogP contribution in [-0.2, 0) is 6.61 Å². The highest BCUT2D eigenvalue weighted by molar-refractivity contribution is 9.10. The van der Waals surface area contributed by atoms with Crippen LogP contribution in [0.1, 0.15) is 16.8 Å². The maximum absolute atomic E-state index is 5.96. The van der Waals surface area contributed by atoms with E-state index in [9.17, 15) is 0 Å². The second kappa shape index (κ2) is 9.11. The van der Waals surface area contributed by atoms with Gasteiger partial charge in [-0.25, -0.2) is 4.98 Å². The minimum atomic E-state index is 0.376. The van der Waals surface area contributed by atoms with Gasteiger partial charge in [0.1, 0.15) is 18.1 Å². The first kappa shape index (κ1) is 18.8. The Morgan fingerprint density at radius 1 is 0.926 bits per heavy atom. The fourth-order valence-electron chi connectivity index (χ4n) is 2.35. The zero-order chi connectivity index (χ0) is 19.1. The first-order valence-electron chi connectivity index (χ1n) is 8.26. The lowest BCUT2D eigenvalue weighted by molar-refractivity contribution is 0.302. The summed E-state index contributed by atoms with van der Waals surface area (Å²) in [4.78, 5) is 4.34. The zero-order valence-electron chi connectivity index (χ0n) is 15.0. The summed E-state index contributed by atoms with van der Waals surface area (Å²) < 4.78 is 17.3. The molecule has 0 radical (unpaired) electrons. The number of benzene rings is 2. The van der Waals surface area contributed by atoms with Crippen molar-refractivity contribution in [2.45, 2.75) is 6.61 Å². The van der Waals surface area contributed by atoms with E-state index in [0.29, 0.717) is 18.1 Å². The molecule has 0 fully saturated rings. The van der Waals surface area contributed by atoms with Crippen molar-refractivity contribution >= 4 is 15.9 Å². The molecular formula is C22H18BrNO3. The summed E-state index contributed by atoms with van der Waals surface area (Å²) in [5.74, 6) is 8.39. The number of aromatic nitrogens is 1.